The molecule has 0 saturated carbocycles. The van der Waals surface area contributed by atoms with Gasteiger partial charge in [0.15, 0.2) is 12.2 Å². The average Bonchev–Trinajstić information content (AvgIpc) is 3.07. The SMILES string of the molecule is C=CCCC(=O)O[C@H]1CO[C@H]2[C@@H]1OC[C@H]2OC(=O)CCC=C. The zero-order chi connectivity index (χ0) is 15.9. The van der Waals surface area contributed by atoms with Crippen molar-refractivity contribution in [3.05, 3.63) is 25.3 Å². The Kier molecular flexibility index (Phi) is 6.15. The van der Waals surface area contributed by atoms with E-state index in [2.05, 4.69) is 13.2 Å². The maximum atomic E-state index is 11.6. The second-order valence-corrected chi connectivity index (χ2v) is 5.31. The molecule has 0 spiro atoms. The Bertz CT molecular complexity index is 392. The summed E-state index contributed by atoms with van der Waals surface area (Å²) >= 11 is 0. The topological polar surface area (TPSA) is 71.1 Å². The maximum Gasteiger partial charge on any atom is 0.306 e. The van der Waals surface area contributed by atoms with Crippen LogP contribution in [0.3, 0.4) is 0 Å². The molecule has 2 saturated heterocycles. The lowest BCUT2D eigenvalue weighted by Crippen LogP contribution is -2.35. The van der Waals surface area contributed by atoms with Crippen LogP contribution in [0, 0.1) is 0 Å². The van der Waals surface area contributed by atoms with Gasteiger partial charge >= 0.3 is 11.9 Å². The van der Waals surface area contributed by atoms with Gasteiger partial charge in [0.2, 0.25) is 0 Å². The fourth-order valence-corrected chi connectivity index (χ4v) is 2.53. The Labute approximate surface area is 130 Å². The van der Waals surface area contributed by atoms with E-state index in [1.54, 1.807) is 12.2 Å². The summed E-state index contributed by atoms with van der Waals surface area (Å²) in [6.45, 7) is 7.65. The van der Waals surface area contributed by atoms with Crippen LogP contribution in [-0.2, 0) is 28.5 Å². The number of carbonyl (C=O) groups is 2. The van der Waals surface area contributed by atoms with Crippen molar-refractivity contribution < 1.29 is 28.5 Å². The number of allylic oxidation sites excluding steroid dienone is 2. The van der Waals surface area contributed by atoms with Crippen LogP contribution in [-0.4, -0.2) is 49.6 Å². The molecule has 2 rings (SSSR count). The van der Waals surface area contributed by atoms with Gasteiger partial charge in [-0.15, -0.1) is 13.2 Å². The third-order valence-corrected chi connectivity index (χ3v) is 3.63. The molecule has 0 aromatic carbocycles. The van der Waals surface area contributed by atoms with Gasteiger partial charge in [0, 0.05) is 12.8 Å². The van der Waals surface area contributed by atoms with Gasteiger partial charge in [-0.2, -0.15) is 0 Å². The number of rotatable bonds is 8. The summed E-state index contributed by atoms with van der Waals surface area (Å²) in [6, 6.07) is 0. The van der Waals surface area contributed by atoms with E-state index in [1.165, 1.54) is 0 Å². The summed E-state index contributed by atoms with van der Waals surface area (Å²) in [5.74, 6) is -0.603. The first-order valence-corrected chi connectivity index (χ1v) is 7.49. The van der Waals surface area contributed by atoms with Crippen LogP contribution >= 0.6 is 0 Å². The highest BCUT2D eigenvalue weighted by Gasteiger charge is 2.51. The van der Waals surface area contributed by atoms with Crippen LogP contribution in [0.2, 0.25) is 0 Å². The smallest absolute Gasteiger partial charge is 0.306 e. The van der Waals surface area contributed by atoms with E-state index >= 15 is 0 Å². The van der Waals surface area contributed by atoms with Crippen molar-refractivity contribution in [1.29, 1.82) is 0 Å². The predicted octanol–water partition coefficient (Wildman–Crippen LogP) is 1.54. The van der Waals surface area contributed by atoms with Gasteiger partial charge in [-0.25, -0.2) is 0 Å². The van der Waals surface area contributed by atoms with Crippen molar-refractivity contribution in [3.8, 4) is 0 Å². The molecule has 6 heteroatoms. The summed E-state index contributed by atoms with van der Waals surface area (Å²) in [5.41, 5.74) is 0. The zero-order valence-electron chi connectivity index (χ0n) is 12.6. The molecule has 4 atom stereocenters. The van der Waals surface area contributed by atoms with Crippen molar-refractivity contribution >= 4 is 11.9 Å². The highest BCUT2D eigenvalue weighted by atomic mass is 16.7. The minimum atomic E-state index is -0.445. The van der Waals surface area contributed by atoms with Crippen LogP contribution in [0.4, 0.5) is 0 Å². The quantitative estimate of drug-likeness (QED) is 0.500. The van der Waals surface area contributed by atoms with E-state index in [-0.39, 0.29) is 50.2 Å². The van der Waals surface area contributed by atoms with Gasteiger partial charge in [0.25, 0.3) is 0 Å². The molecule has 0 unspecified atom stereocenters. The molecule has 2 heterocycles. The number of carbonyl (C=O) groups excluding carboxylic acids is 2. The van der Waals surface area contributed by atoms with Crippen LogP contribution in [0.1, 0.15) is 25.7 Å². The molecule has 0 bridgehead atoms. The molecular formula is C16H22O6. The summed E-state index contributed by atoms with van der Waals surface area (Å²) in [7, 11) is 0. The van der Waals surface area contributed by atoms with Crippen LogP contribution in [0.5, 0.6) is 0 Å². The van der Waals surface area contributed by atoms with E-state index in [0.29, 0.717) is 12.8 Å². The van der Waals surface area contributed by atoms with E-state index < -0.39 is 12.2 Å². The predicted molar refractivity (Wildman–Crippen MR) is 78.1 cm³/mol. The van der Waals surface area contributed by atoms with E-state index in [9.17, 15) is 9.59 Å². The largest absolute Gasteiger partial charge is 0.457 e. The number of hydrogen-bond donors (Lipinski definition) is 0. The molecule has 2 aliphatic heterocycles. The van der Waals surface area contributed by atoms with Crippen molar-refractivity contribution in [1.82, 2.24) is 0 Å². The number of hydrogen-bond acceptors (Lipinski definition) is 6. The number of fused-ring (bicyclic) bond motifs is 1. The normalized spacial score (nSPS) is 29.6. The third-order valence-electron chi connectivity index (χ3n) is 3.63. The minimum Gasteiger partial charge on any atom is -0.457 e. The Morgan fingerprint density at radius 1 is 0.909 bits per heavy atom. The molecule has 122 valence electrons. The zero-order valence-corrected chi connectivity index (χ0v) is 12.6. The summed E-state index contributed by atoms with van der Waals surface area (Å²) in [6.07, 6.45) is 3.43. The van der Waals surface area contributed by atoms with Crippen molar-refractivity contribution in [3.63, 3.8) is 0 Å². The van der Waals surface area contributed by atoms with Gasteiger partial charge in [0.05, 0.1) is 13.2 Å². The standard InChI is InChI=1S/C16H22O6/c1-3-5-7-13(17)21-11-9-19-16-12(10-20-15(11)16)22-14(18)8-6-4-2/h3-4,11-12,15-16H,1-2,5-10H2/t11-,12+,15-,16-/m1/s1. The molecule has 0 amide bonds. The van der Waals surface area contributed by atoms with Gasteiger partial charge in [-0.05, 0) is 12.8 Å². The van der Waals surface area contributed by atoms with Crippen molar-refractivity contribution in [2.75, 3.05) is 13.2 Å². The monoisotopic (exact) mass is 310 g/mol. The highest BCUT2D eigenvalue weighted by Crippen LogP contribution is 2.31. The van der Waals surface area contributed by atoms with Gasteiger partial charge in [-0.3, -0.25) is 9.59 Å². The van der Waals surface area contributed by atoms with Gasteiger partial charge in [0.1, 0.15) is 12.2 Å². The van der Waals surface area contributed by atoms with E-state index in [4.69, 9.17) is 18.9 Å². The molecule has 0 N–H and O–H groups in total. The third kappa shape index (κ3) is 4.18. The minimum absolute atomic E-state index is 0.260. The summed E-state index contributed by atoms with van der Waals surface area (Å²) < 4.78 is 21.9. The number of esters is 2. The second kappa shape index (κ2) is 8.10. The molecule has 2 fully saturated rings. The van der Waals surface area contributed by atoms with Gasteiger partial charge < -0.3 is 18.9 Å². The number of ether oxygens (including phenoxy) is 4. The lowest BCUT2D eigenvalue weighted by atomic mass is 10.1. The van der Waals surface area contributed by atoms with E-state index in [1.807, 2.05) is 0 Å². The Morgan fingerprint density at radius 3 is 1.68 bits per heavy atom. The average molecular weight is 310 g/mol. The molecule has 22 heavy (non-hydrogen) atoms. The Hall–Kier alpha value is -1.66. The Morgan fingerprint density at radius 2 is 1.32 bits per heavy atom. The van der Waals surface area contributed by atoms with Crippen LogP contribution < -0.4 is 0 Å². The van der Waals surface area contributed by atoms with Crippen LogP contribution in [0.25, 0.3) is 0 Å². The summed E-state index contributed by atoms with van der Waals surface area (Å²) in [4.78, 5) is 23.3. The first-order chi connectivity index (χ1) is 10.7. The molecule has 2 aliphatic rings. The maximum absolute atomic E-state index is 11.6. The second-order valence-electron chi connectivity index (χ2n) is 5.31. The van der Waals surface area contributed by atoms with Crippen molar-refractivity contribution in [2.45, 2.75) is 50.1 Å². The lowest BCUT2D eigenvalue weighted by molar-refractivity contribution is -0.155. The lowest BCUT2D eigenvalue weighted by Gasteiger charge is -2.17. The van der Waals surface area contributed by atoms with Crippen molar-refractivity contribution in [2.24, 2.45) is 0 Å². The fraction of sp³-hybridized carbons (Fsp3) is 0.625. The molecule has 0 aromatic rings. The highest BCUT2D eigenvalue weighted by molar-refractivity contribution is 5.70. The molecule has 0 radical (unpaired) electrons. The van der Waals surface area contributed by atoms with E-state index in [0.717, 1.165) is 0 Å². The molecule has 0 aliphatic carbocycles. The summed E-state index contributed by atoms with van der Waals surface area (Å²) in [5, 5.41) is 0. The van der Waals surface area contributed by atoms with Gasteiger partial charge in [-0.1, -0.05) is 12.2 Å². The molecule has 0 aromatic heterocycles. The Balaban J connectivity index is 1.80. The van der Waals surface area contributed by atoms with Crippen LogP contribution in [0.15, 0.2) is 25.3 Å². The molecular weight excluding hydrogens is 288 g/mol. The fourth-order valence-electron chi connectivity index (χ4n) is 2.53. The molecule has 6 nitrogen and oxygen atoms in total. The first-order valence-electron chi connectivity index (χ1n) is 7.49. The first kappa shape index (κ1) is 16.7.